The first-order valence-corrected chi connectivity index (χ1v) is 30.7. The third-order valence-electron chi connectivity index (χ3n) is 21.8. The maximum absolute atomic E-state index is 16.3. The number of ketones is 1. The molecule has 82 heavy (non-hydrogen) atoms. The van der Waals surface area contributed by atoms with Gasteiger partial charge in [0.05, 0.1) is 52.5 Å². The van der Waals surface area contributed by atoms with Gasteiger partial charge in [0.15, 0.2) is 24.0 Å². The van der Waals surface area contributed by atoms with Crippen molar-refractivity contribution in [3.8, 4) is 0 Å². The van der Waals surface area contributed by atoms with Crippen LogP contribution in [0.4, 0.5) is 4.39 Å². The smallest absolute Gasteiger partial charge is 0.311 e. The highest BCUT2D eigenvalue weighted by Gasteiger charge is 2.76. The summed E-state index contributed by atoms with van der Waals surface area (Å²) in [5.74, 6) is -5.47. The maximum Gasteiger partial charge on any atom is 0.311 e. The van der Waals surface area contributed by atoms with Crippen molar-refractivity contribution < 1.29 is 82.9 Å². The van der Waals surface area contributed by atoms with E-state index in [4.69, 9.17) is 40.0 Å². The number of carbonyl (C=O) groups excluding carboxylic acids is 3. The minimum Gasteiger partial charge on any atom is -0.459 e. The quantitative estimate of drug-likeness (QED) is 0.0718. The summed E-state index contributed by atoms with van der Waals surface area (Å²) in [6.07, 6.45) is -7.36. The molecule has 0 aromatic rings. The number of amides is 1. The molecular weight excluding hydrogens is 1090 g/mol. The largest absolute Gasteiger partial charge is 0.459 e. The molecule has 3 saturated carbocycles. The number of carbonyl (C=O) groups is 3. The van der Waals surface area contributed by atoms with Crippen LogP contribution in [0.15, 0.2) is 23.8 Å². The molecule has 470 valence electrons. The lowest BCUT2D eigenvalue weighted by Crippen LogP contribution is -2.70. The number of halogens is 2. The van der Waals surface area contributed by atoms with E-state index < -0.39 is 153 Å². The summed E-state index contributed by atoms with van der Waals surface area (Å²) in [4.78, 5) is 44.3. The SMILES string of the molecule is CC[C@H]1OC(=O)[C@H](C)[C@@H](O[C@@H]2C[C@](C)(OC)[C@H](O)C(C)O2)[C@H](C)[C@@H](O[C@@H]2O[C@H](C)C[C@@H](N(C)C)[C@H]2O)[C@@](O)(CC)CCCN(CCCNC(=O)[C@@]2(O)[C@H](C)CC3C4C[C@H](F)C5=CC(=O)C=C[C@]5(C)[C@@]4(Cl)[C@@H](O)C[C@@]32C)[C@H](C)[C@@H](O)[C@]1(C)O. The van der Waals surface area contributed by atoms with E-state index in [-0.39, 0.29) is 81.7 Å². The molecule has 1 amide bonds. The molecule has 0 radical (unpaired) electrons. The van der Waals surface area contributed by atoms with Crippen LogP contribution in [0.25, 0.3) is 0 Å². The summed E-state index contributed by atoms with van der Waals surface area (Å²) in [6, 6.07) is -1.16. The van der Waals surface area contributed by atoms with E-state index >= 15 is 4.39 Å². The van der Waals surface area contributed by atoms with Crippen LogP contribution in [0, 0.1) is 40.4 Å². The number of hydrogen-bond acceptors (Lipinski definition) is 18. The third kappa shape index (κ3) is 11.7. The molecular formula is C61H101ClFN3O16. The molecule has 6 fully saturated rings. The summed E-state index contributed by atoms with van der Waals surface area (Å²) in [5.41, 5.74) is -8.96. The lowest BCUT2D eigenvalue weighted by atomic mass is 9.45. The van der Waals surface area contributed by atoms with E-state index in [1.807, 2.05) is 37.7 Å². The third-order valence-corrected chi connectivity index (χ3v) is 22.7. The van der Waals surface area contributed by atoms with Crippen LogP contribution in [0.5, 0.6) is 0 Å². The van der Waals surface area contributed by atoms with Crippen LogP contribution in [0.1, 0.15) is 147 Å². The molecule has 4 aliphatic carbocycles. The van der Waals surface area contributed by atoms with E-state index in [1.165, 1.54) is 26.2 Å². The maximum atomic E-state index is 16.3. The fourth-order valence-electron chi connectivity index (χ4n) is 16.3. The Morgan fingerprint density at radius 2 is 1.60 bits per heavy atom. The zero-order valence-electron chi connectivity index (χ0n) is 51.3. The second-order valence-electron chi connectivity index (χ2n) is 27.0. The Kier molecular flexibility index (Phi) is 20.6. The van der Waals surface area contributed by atoms with Crippen LogP contribution in [-0.4, -0.2) is 217 Å². The number of methoxy groups -OCH3 is 1. The first-order chi connectivity index (χ1) is 38.1. The molecule has 3 heterocycles. The highest BCUT2D eigenvalue weighted by molar-refractivity contribution is 6.26. The molecule has 3 unspecified atom stereocenters. The first-order valence-electron chi connectivity index (χ1n) is 30.3. The highest BCUT2D eigenvalue weighted by Crippen LogP contribution is 2.71. The summed E-state index contributed by atoms with van der Waals surface area (Å²) in [5, 5.41) is 88.8. The number of aliphatic hydroxyl groups excluding tert-OH is 4. The fourth-order valence-corrected chi connectivity index (χ4v) is 16.8. The Bertz CT molecular complexity index is 2340. The monoisotopic (exact) mass is 1190 g/mol. The van der Waals surface area contributed by atoms with Gasteiger partial charge in [-0.3, -0.25) is 19.3 Å². The summed E-state index contributed by atoms with van der Waals surface area (Å²) in [7, 11) is 5.21. The number of fused-ring (bicyclic) bond motifs is 5. The van der Waals surface area contributed by atoms with Crippen LogP contribution in [0.2, 0.25) is 0 Å². The second kappa shape index (κ2) is 25.1. The number of aliphatic hydroxyl groups is 7. The number of alkyl halides is 2. The minimum absolute atomic E-state index is 0.0524. The Morgan fingerprint density at radius 1 is 0.927 bits per heavy atom. The summed E-state index contributed by atoms with van der Waals surface area (Å²) in [6.45, 7) is 21.3. The second-order valence-corrected chi connectivity index (χ2v) is 27.7. The first kappa shape index (κ1) is 67.3. The van der Waals surface area contributed by atoms with Crippen molar-refractivity contribution in [2.75, 3.05) is 40.8 Å². The standard InChI is InChI=1S/C61H101ClFN3O16/c1-16-45-58(12,74)49(70)36(7)66(25-19-23-64-54(73)61(76)32(3)26-39-40-29-42(63)41-28-38(67)20-22-55(41,9)60(40,62)44(68)30-56(39,61)10)24-18-21-59(75,17-2)51(82-53-47(69)43(65(13)14)27-33(4)78-53)34(5)48(35(6)52(72)80-45)81-46-31-57(11,77-15)50(71)37(8)79-46/h20,22,28,32-37,39-40,42-51,53,68-71,74-76H,16-19,21,23-27,29-31H2,1-15H3,(H,64,73)/t32-,33-,34+,35-,36-,37?,39?,40?,42+,43-,44+,45-,46-,47-,48+,49-,50-,51-,53+,55+,56+,57+,58-,59-,60+,61+/m1/s1. The van der Waals surface area contributed by atoms with Gasteiger partial charge in [0.1, 0.15) is 36.2 Å². The predicted molar refractivity (Wildman–Crippen MR) is 304 cm³/mol. The molecule has 8 N–H and O–H groups in total. The molecule has 26 atom stereocenters. The molecule has 0 bridgehead atoms. The van der Waals surface area contributed by atoms with E-state index in [2.05, 4.69) is 5.32 Å². The van der Waals surface area contributed by atoms with Gasteiger partial charge < -0.3 is 74.4 Å². The lowest BCUT2D eigenvalue weighted by molar-refractivity contribution is -0.319. The number of hydrogen-bond donors (Lipinski definition) is 8. The van der Waals surface area contributed by atoms with Crippen molar-refractivity contribution in [3.05, 3.63) is 23.8 Å². The summed E-state index contributed by atoms with van der Waals surface area (Å²) < 4.78 is 54.6. The minimum atomic E-state index is -2.01. The van der Waals surface area contributed by atoms with E-state index in [9.17, 15) is 50.1 Å². The van der Waals surface area contributed by atoms with Gasteiger partial charge in [-0.1, -0.05) is 47.6 Å². The fraction of sp³-hybridized carbons (Fsp3) is 0.885. The average molecular weight is 1190 g/mol. The number of rotatable bonds is 13. The van der Waals surface area contributed by atoms with Crippen molar-refractivity contribution >= 4 is 29.3 Å². The van der Waals surface area contributed by atoms with Gasteiger partial charge in [-0.25, -0.2) is 4.39 Å². The molecule has 7 aliphatic rings. The molecule has 0 spiro atoms. The predicted octanol–water partition coefficient (Wildman–Crippen LogP) is 4.49. The molecule has 7 rings (SSSR count). The number of ether oxygens (including phenoxy) is 6. The van der Waals surface area contributed by atoms with E-state index in [0.717, 1.165) is 0 Å². The molecule has 19 nitrogen and oxygen atoms in total. The van der Waals surface area contributed by atoms with Gasteiger partial charge in [0.2, 0.25) is 0 Å². The molecule has 3 aliphatic heterocycles. The number of nitrogens with one attached hydrogen (secondary N) is 1. The van der Waals surface area contributed by atoms with Gasteiger partial charge in [-0.2, -0.15) is 0 Å². The Morgan fingerprint density at radius 3 is 2.22 bits per heavy atom. The highest BCUT2D eigenvalue weighted by atomic mass is 35.5. The normalized spacial score (nSPS) is 49.9. The Balaban J connectivity index is 1.16. The van der Waals surface area contributed by atoms with Crippen LogP contribution in [0.3, 0.4) is 0 Å². The zero-order chi connectivity index (χ0) is 61.2. The number of nitrogens with zero attached hydrogens (tertiary/aromatic N) is 2. The van der Waals surface area contributed by atoms with Crippen molar-refractivity contribution in [1.29, 1.82) is 0 Å². The Labute approximate surface area is 490 Å². The number of cyclic esters (lactones) is 1. The number of allylic oxidation sites excluding steroid dienone is 4. The van der Waals surface area contributed by atoms with Gasteiger partial charge in [-0.15, -0.1) is 11.6 Å². The lowest BCUT2D eigenvalue weighted by Gasteiger charge is -2.64. The van der Waals surface area contributed by atoms with Crippen molar-refractivity contribution in [3.63, 3.8) is 0 Å². The van der Waals surface area contributed by atoms with Crippen molar-refractivity contribution in [2.45, 2.75) is 260 Å². The van der Waals surface area contributed by atoms with E-state index in [0.29, 0.717) is 25.7 Å². The topological polar surface area (TPSA) is 267 Å². The zero-order valence-corrected chi connectivity index (χ0v) is 52.1. The van der Waals surface area contributed by atoms with Gasteiger partial charge in [0, 0.05) is 55.5 Å². The molecule has 21 heteroatoms. The number of likely N-dealkylation sites (N-methyl/N-ethyl adjacent to an activating group) is 1. The average Bonchev–Trinajstić information content (AvgIpc) is 1.89. The molecule has 0 aromatic carbocycles. The van der Waals surface area contributed by atoms with Crippen LogP contribution >= 0.6 is 11.6 Å². The Hall–Kier alpha value is -2.25. The van der Waals surface area contributed by atoms with Crippen LogP contribution in [-0.2, 0) is 42.8 Å². The van der Waals surface area contributed by atoms with Gasteiger partial charge >= 0.3 is 5.97 Å². The number of esters is 1. The van der Waals surface area contributed by atoms with Gasteiger partial charge in [0.25, 0.3) is 5.91 Å². The van der Waals surface area contributed by atoms with Gasteiger partial charge in [-0.05, 0) is 155 Å². The summed E-state index contributed by atoms with van der Waals surface area (Å²) >= 11 is 7.57. The molecule has 3 saturated heterocycles. The van der Waals surface area contributed by atoms with Crippen molar-refractivity contribution in [2.24, 2.45) is 40.4 Å². The molecule has 0 aromatic heterocycles. The van der Waals surface area contributed by atoms with E-state index in [1.54, 1.807) is 68.4 Å². The van der Waals surface area contributed by atoms with Crippen molar-refractivity contribution in [1.82, 2.24) is 15.1 Å². The van der Waals surface area contributed by atoms with Crippen LogP contribution < -0.4 is 5.32 Å².